The van der Waals surface area contributed by atoms with E-state index >= 15 is 0 Å². The molecule has 4 saturated carbocycles. The van der Waals surface area contributed by atoms with Crippen molar-refractivity contribution in [2.75, 3.05) is 34.9 Å². The molecule has 0 radical (unpaired) electrons. The lowest BCUT2D eigenvalue weighted by atomic mass is 10.0. The van der Waals surface area contributed by atoms with Gasteiger partial charge in [0.1, 0.15) is 44.4 Å². The smallest absolute Gasteiger partial charge is 0.338 e. The van der Waals surface area contributed by atoms with Crippen molar-refractivity contribution in [3.05, 3.63) is 138 Å². The molecule has 12 rings (SSSR count). The van der Waals surface area contributed by atoms with Gasteiger partial charge in [-0.3, -0.25) is 4.79 Å². The second-order valence-corrected chi connectivity index (χ2v) is 24.9. The Bertz CT molecular complexity index is 3290. The van der Waals surface area contributed by atoms with Gasteiger partial charge in [-0.2, -0.15) is 0 Å². The molecule has 0 unspecified atom stereocenters. The Morgan fingerprint density at radius 1 is 0.675 bits per heavy atom. The van der Waals surface area contributed by atoms with Crippen LogP contribution in [-0.4, -0.2) is 85.0 Å². The molecule has 6 atom stereocenters. The highest BCUT2D eigenvalue weighted by Crippen LogP contribution is 2.50. The molecular weight excluding hydrogens is 1100 g/mol. The number of aromatic nitrogens is 2. The first kappa shape index (κ1) is 55.3. The van der Waals surface area contributed by atoms with Gasteiger partial charge >= 0.3 is 5.97 Å². The summed E-state index contributed by atoms with van der Waals surface area (Å²) in [6.07, 6.45) is 9.20. The molecule has 1 N–H and O–H groups in total. The van der Waals surface area contributed by atoms with E-state index in [0.29, 0.717) is 79.3 Å². The molecule has 77 heavy (non-hydrogen) atoms. The fraction of sp³-hybridized carbons (Fsp3) is 0.439. The largest absolute Gasteiger partial charge is 0.478 e. The molecule has 4 aromatic carbocycles. The molecule has 2 aromatic heterocycles. The van der Waals surface area contributed by atoms with Gasteiger partial charge in [0.25, 0.3) is 0 Å². The Kier molecular flexibility index (Phi) is 16.2. The molecule has 4 heterocycles. The molecule has 0 spiro atoms. The summed E-state index contributed by atoms with van der Waals surface area (Å²) in [6.45, 7) is 2.19. The number of piperidine rings is 2. The number of carboxylic acid groups (broad SMARTS) is 1. The third-order valence-corrected chi connectivity index (χ3v) is 18.1. The lowest BCUT2D eigenvalue weighted by Crippen LogP contribution is -2.38. The summed E-state index contributed by atoms with van der Waals surface area (Å²) in [5.41, 5.74) is 5.55. The summed E-state index contributed by atoms with van der Waals surface area (Å²) >= 11 is 25.9. The highest BCUT2D eigenvalue weighted by Gasteiger charge is 2.47. The average Bonchev–Trinajstić information content (AvgIpc) is 4.13. The van der Waals surface area contributed by atoms with E-state index in [-0.39, 0.29) is 73.1 Å². The first-order valence-electron chi connectivity index (χ1n) is 25.6. The fourth-order valence-electron chi connectivity index (χ4n) is 11.7. The van der Waals surface area contributed by atoms with Crippen LogP contribution >= 0.6 is 46.4 Å². The van der Waals surface area contributed by atoms with Gasteiger partial charge < -0.3 is 33.4 Å². The predicted octanol–water partition coefficient (Wildman–Crippen LogP) is 14.0. The summed E-state index contributed by atoms with van der Waals surface area (Å²) in [4.78, 5) is 27.9. The van der Waals surface area contributed by atoms with Crippen LogP contribution in [0, 0.1) is 23.5 Å². The number of carbonyl (C=O) groups is 2. The van der Waals surface area contributed by atoms with Crippen molar-refractivity contribution in [3.8, 4) is 22.5 Å². The number of aromatic carboxylic acids is 1. The van der Waals surface area contributed by atoms with Crippen LogP contribution in [0.15, 0.2) is 81.8 Å². The van der Waals surface area contributed by atoms with Crippen LogP contribution in [0.3, 0.4) is 0 Å². The van der Waals surface area contributed by atoms with Crippen molar-refractivity contribution in [1.29, 1.82) is 0 Å². The second kappa shape index (κ2) is 22.6. The van der Waals surface area contributed by atoms with Crippen LogP contribution in [0.2, 0.25) is 20.1 Å². The van der Waals surface area contributed by atoms with Gasteiger partial charge in [0, 0.05) is 95.1 Å². The number of halogens is 6. The van der Waals surface area contributed by atoms with Crippen molar-refractivity contribution in [2.24, 2.45) is 11.8 Å². The third kappa shape index (κ3) is 11.7. The zero-order valence-electron chi connectivity index (χ0n) is 41.3. The van der Waals surface area contributed by atoms with E-state index in [0.717, 1.165) is 99.0 Å². The summed E-state index contributed by atoms with van der Waals surface area (Å²) < 4.78 is 76.2. The van der Waals surface area contributed by atoms with E-state index < -0.39 is 27.4 Å². The Hall–Kier alpha value is -5.07. The molecular formula is C57H58Cl4F2N4O9S. The van der Waals surface area contributed by atoms with E-state index in [9.17, 15) is 26.8 Å². The molecule has 2 aliphatic heterocycles. The van der Waals surface area contributed by atoms with Gasteiger partial charge in [0.2, 0.25) is 0 Å². The zero-order chi connectivity index (χ0) is 53.2. The number of anilines is 2. The summed E-state index contributed by atoms with van der Waals surface area (Å²) in [6, 6.07) is 20.2. The highest BCUT2D eigenvalue weighted by molar-refractivity contribution is 7.90. The van der Waals surface area contributed by atoms with Gasteiger partial charge in [-0.1, -0.05) is 76.3 Å². The minimum atomic E-state index is -3.16. The van der Waals surface area contributed by atoms with Crippen LogP contribution in [0.1, 0.15) is 127 Å². The lowest BCUT2D eigenvalue weighted by molar-refractivity contribution is 0.0122. The number of Topliss-reactive ketones (excluding diaryl/α,β-unsaturated/α-hetero) is 1. The lowest BCUT2D eigenvalue weighted by Gasteiger charge is -2.33. The quantitative estimate of drug-likeness (QED) is 0.0809. The van der Waals surface area contributed by atoms with Crippen molar-refractivity contribution in [3.63, 3.8) is 0 Å². The molecule has 6 fully saturated rings. The Labute approximate surface area is 466 Å². The van der Waals surface area contributed by atoms with Gasteiger partial charge in [-0.15, -0.1) is 0 Å². The van der Waals surface area contributed by atoms with E-state index in [4.69, 9.17) is 70.0 Å². The van der Waals surface area contributed by atoms with Crippen LogP contribution in [-0.2, 0) is 32.5 Å². The predicted molar refractivity (Wildman–Crippen MR) is 293 cm³/mol. The second-order valence-electron chi connectivity index (χ2n) is 21.1. The number of benzene rings is 4. The number of hydrogen-bond donors (Lipinski definition) is 1. The molecule has 0 amide bonds. The molecule has 6 aromatic rings. The Morgan fingerprint density at radius 3 is 1.47 bits per heavy atom. The average molecular weight is 1150 g/mol. The minimum Gasteiger partial charge on any atom is -0.478 e. The first-order valence-corrected chi connectivity index (χ1v) is 29.2. The molecule has 4 aliphatic carbocycles. The summed E-state index contributed by atoms with van der Waals surface area (Å²) in [5, 5.41) is 19.8. The molecule has 4 bridgehead atoms. The number of ether oxygens (including phenoxy) is 2. The van der Waals surface area contributed by atoms with E-state index in [1.165, 1.54) is 24.3 Å². The van der Waals surface area contributed by atoms with Crippen molar-refractivity contribution in [1.82, 2.24) is 10.3 Å². The van der Waals surface area contributed by atoms with Gasteiger partial charge in [0.15, 0.2) is 5.78 Å². The van der Waals surface area contributed by atoms with Crippen LogP contribution in [0.25, 0.3) is 22.5 Å². The SMILES string of the molecule is C.CS(=O)(=O)CCCC(=O)c1ccc(N2C[C@@H]3C[C@H]2C[C@H]3OCc2c(-c3c(Cl)cccc3Cl)noc2C2CC2)cc1F.O=C(O)c1ccc(N2C[C@@H]3C[C@H]2C[C@H]3OCc2c(-c3c(Cl)cccc3Cl)noc2C2CC2)cc1F. The fourth-order valence-corrected chi connectivity index (χ4v) is 13.5. The zero-order valence-corrected chi connectivity index (χ0v) is 45.2. The number of sulfone groups is 1. The van der Waals surface area contributed by atoms with Crippen LogP contribution in [0.5, 0.6) is 0 Å². The van der Waals surface area contributed by atoms with Crippen LogP contribution in [0.4, 0.5) is 20.2 Å². The van der Waals surface area contributed by atoms with Gasteiger partial charge in [-0.25, -0.2) is 22.0 Å². The van der Waals surface area contributed by atoms with Crippen molar-refractivity contribution in [2.45, 2.75) is 121 Å². The topological polar surface area (TPSA) is 166 Å². The molecule has 20 heteroatoms. The number of fused-ring (bicyclic) bond motifs is 4. The molecule has 408 valence electrons. The van der Waals surface area contributed by atoms with Crippen molar-refractivity contribution >= 4 is 79.4 Å². The van der Waals surface area contributed by atoms with E-state index in [2.05, 4.69) is 20.1 Å². The van der Waals surface area contributed by atoms with E-state index in [1.54, 1.807) is 48.5 Å². The maximum Gasteiger partial charge on any atom is 0.338 e. The van der Waals surface area contributed by atoms with Crippen LogP contribution < -0.4 is 9.80 Å². The number of hydrogen-bond acceptors (Lipinski definition) is 12. The number of rotatable bonds is 18. The summed E-state index contributed by atoms with van der Waals surface area (Å²) in [7, 11) is -3.16. The number of carbonyl (C=O) groups excluding carboxylic acids is 1. The summed E-state index contributed by atoms with van der Waals surface area (Å²) in [5.74, 6) is -0.0242. The van der Waals surface area contributed by atoms with Crippen molar-refractivity contribution < 1.29 is 50.4 Å². The van der Waals surface area contributed by atoms with Gasteiger partial charge in [-0.05, 0) is 118 Å². The Morgan fingerprint density at radius 2 is 1.10 bits per heavy atom. The Balaban J connectivity index is 0.000000174. The number of carboxylic acids is 1. The van der Waals surface area contributed by atoms with Gasteiger partial charge in [0.05, 0.1) is 62.4 Å². The molecule has 2 saturated heterocycles. The maximum atomic E-state index is 14.9. The number of ketones is 1. The molecule has 13 nitrogen and oxygen atoms in total. The monoisotopic (exact) mass is 1150 g/mol. The number of nitrogens with zero attached hydrogens (tertiary/aromatic N) is 4. The normalized spacial score (nSPS) is 22.3. The highest BCUT2D eigenvalue weighted by atomic mass is 35.5. The third-order valence-electron chi connectivity index (χ3n) is 15.8. The first-order chi connectivity index (χ1) is 36.5. The minimum absolute atomic E-state index is 0. The maximum absolute atomic E-state index is 14.9. The van der Waals surface area contributed by atoms with E-state index in [1.807, 2.05) is 0 Å². The molecule has 6 aliphatic rings. The standard InChI is InChI=1S/C30H31Cl2FN2O5S.C26H23Cl2FN2O4.CH4/c1-41(37,38)11-3-6-26(36)21-10-9-19(13-25(21)33)35-15-18-12-20(35)14-27(18)39-16-22-29(34-40-30(22)17-7-8-17)28-23(31)4-2-5-24(28)32;27-19-2-1-3-20(28)23(19)24-18(25(35-30-24)13-4-5-13)12-34-22-10-16-8-14(22)11-31(16)15-6-7-17(26(32)33)21(29)9-15;/h2,4-5,9-10,13,17-18,20,27H,3,6-8,11-12,14-16H2,1H3;1-3,6-7,9,13-14,16,22H,4-5,8,10-12H2,(H,32,33);1H4/t18-,20-,27+;14-,16-,22+;/m00./s1.